The number of hydrogen-bond donors (Lipinski definition) is 2. The van der Waals surface area contributed by atoms with E-state index in [1.165, 1.54) is 10.0 Å². The van der Waals surface area contributed by atoms with Gasteiger partial charge in [-0.05, 0) is 70.8 Å². The van der Waals surface area contributed by atoms with Crippen LogP contribution in [0.2, 0.25) is 0 Å². The number of benzene rings is 4. The number of carbonyl (C=O) groups is 4. The van der Waals surface area contributed by atoms with Crippen LogP contribution in [0.1, 0.15) is 60.5 Å². The predicted octanol–water partition coefficient (Wildman–Crippen LogP) is 4.62. The second-order valence-electron chi connectivity index (χ2n) is 12.2. The summed E-state index contributed by atoms with van der Waals surface area (Å²) >= 11 is 0. The Balaban J connectivity index is 1.36. The molecule has 0 bridgehead atoms. The molecule has 2 aliphatic rings. The van der Waals surface area contributed by atoms with E-state index in [-0.39, 0.29) is 43.7 Å². The molecule has 2 heterocycles. The predicted molar refractivity (Wildman–Crippen MR) is 177 cm³/mol. The molecular weight excluding hydrogens is 592 g/mol. The zero-order valence-electron chi connectivity index (χ0n) is 26.2. The smallest absolute Gasteiger partial charge is 0.304 e. The van der Waals surface area contributed by atoms with Crippen molar-refractivity contribution in [1.29, 1.82) is 0 Å². The van der Waals surface area contributed by atoms with Crippen LogP contribution < -0.4 is 5.73 Å². The summed E-state index contributed by atoms with van der Waals surface area (Å²) in [6, 6.07) is 30.3. The van der Waals surface area contributed by atoms with Crippen LogP contribution in [0.25, 0.3) is 0 Å². The van der Waals surface area contributed by atoms with E-state index in [0.29, 0.717) is 43.6 Å². The van der Waals surface area contributed by atoms with Crippen molar-refractivity contribution in [3.63, 3.8) is 0 Å². The first-order valence-corrected chi connectivity index (χ1v) is 16.0. The molecule has 9 nitrogen and oxygen atoms in total. The third-order valence-electron chi connectivity index (χ3n) is 9.04. The second-order valence-corrected chi connectivity index (χ2v) is 12.2. The van der Waals surface area contributed by atoms with Gasteiger partial charge < -0.3 is 15.7 Å². The van der Waals surface area contributed by atoms with Gasteiger partial charge in [0.15, 0.2) is 0 Å². The second kappa shape index (κ2) is 14.0. The molecule has 47 heavy (non-hydrogen) atoms. The molecule has 1 atom stereocenters. The van der Waals surface area contributed by atoms with Gasteiger partial charge in [-0.2, -0.15) is 0 Å². The Morgan fingerprint density at radius 2 is 1.49 bits per heavy atom. The standard InChI is InChI=1S/C38H38N4O5/c39-23-27-11-13-28(14-12-27)24-42-38(47)34-21-31-20-32(22-35(43)44)36(45)40(17-15-26-7-3-1-4-8-26)25-33(31)19-30(34)16-18-41(42)37(46)29-9-5-2-6-10-29/h1-14,19,21,32H,15-18,20,22-25,39H2,(H,43,44). The molecule has 9 heteroatoms. The van der Waals surface area contributed by atoms with Gasteiger partial charge in [0.25, 0.3) is 11.8 Å². The molecule has 3 N–H and O–H groups in total. The van der Waals surface area contributed by atoms with E-state index in [2.05, 4.69) is 0 Å². The lowest BCUT2D eigenvalue weighted by atomic mass is 9.90. The van der Waals surface area contributed by atoms with Crippen molar-refractivity contribution < 1.29 is 24.3 Å². The maximum atomic E-state index is 14.5. The fourth-order valence-corrected chi connectivity index (χ4v) is 6.49. The molecule has 0 radical (unpaired) electrons. The van der Waals surface area contributed by atoms with Crippen LogP contribution in [0.5, 0.6) is 0 Å². The average molecular weight is 631 g/mol. The number of carboxylic acids is 1. The highest BCUT2D eigenvalue weighted by molar-refractivity contribution is 6.00. The average Bonchev–Trinajstić information content (AvgIpc) is 3.30. The Bertz CT molecular complexity index is 1780. The molecule has 6 rings (SSSR count). The van der Waals surface area contributed by atoms with E-state index >= 15 is 0 Å². The van der Waals surface area contributed by atoms with E-state index < -0.39 is 11.9 Å². The minimum Gasteiger partial charge on any atom is -0.481 e. The van der Waals surface area contributed by atoms with E-state index in [0.717, 1.165) is 33.4 Å². The Hall–Kier alpha value is -5.28. The number of aliphatic carboxylic acids is 1. The van der Waals surface area contributed by atoms with Crippen molar-refractivity contribution in [3.8, 4) is 0 Å². The van der Waals surface area contributed by atoms with Crippen molar-refractivity contribution in [1.82, 2.24) is 14.9 Å². The maximum Gasteiger partial charge on any atom is 0.304 e. The zero-order valence-corrected chi connectivity index (χ0v) is 26.2. The lowest BCUT2D eigenvalue weighted by molar-refractivity contribution is -0.144. The Morgan fingerprint density at radius 1 is 0.809 bits per heavy atom. The lowest BCUT2D eigenvalue weighted by Crippen LogP contribution is -2.48. The highest BCUT2D eigenvalue weighted by atomic mass is 16.4. The zero-order chi connectivity index (χ0) is 32.9. The van der Waals surface area contributed by atoms with Crippen molar-refractivity contribution >= 4 is 23.7 Å². The Morgan fingerprint density at radius 3 is 2.17 bits per heavy atom. The van der Waals surface area contributed by atoms with Gasteiger partial charge in [-0.1, -0.05) is 78.9 Å². The molecule has 0 aliphatic carbocycles. The summed E-state index contributed by atoms with van der Waals surface area (Å²) in [5.41, 5.74) is 12.1. The van der Waals surface area contributed by atoms with Gasteiger partial charge in [-0.15, -0.1) is 0 Å². The molecule has 4 aromatic rings. The van der Waals surface area contributed by atoms with Crippen molar-refractivity contribution in [3.05, 3.63) is 142 Å². The fourth-order valence-electron chi connectivity index (χ4n) is 6.49. The van der Waals surface area contributed by atoms with Gasteiger partial charge in [0.2, 0.25) is 5.91 Å². The largest absolute Gasteiger partial charge is 0.481 e. The SMILES string of the molecule is NCc1ccc(CN2C(=O)c3cc4c(cc3CCN2C(=O)c2ccccc2)CN(CCc2ccccc2)C(=O)C(CC(=O)O)C4)cc1. The number of fused-ring (bicyclic) bond motifs is 2. The highest BCUT2D eigenvalue weighted by Crippen LogP contribution is 2.31. The molecule has 240 valence electrons. The number of hydrogen-bond acceptors (Lipinski definition) is 5. The summed E-state index contributed by atoms with van der Waals surface area (Å²) in [6.07, 6.45) is 1.00. The molecule has 2 aliphatic heterocycles. The van der Waals surface area contributed by atoms with Gasteiger partial charge in [-0.25, -0.2) is 10.0 Å². The quantitative estimate of drug-likeness (QED) is 0.278. The van der Waals surface area contributed by atoms with Gasteiger partial charge >= 0.3 is 5.97 Å². The molecular formula is C38H38N4O5. The molecule has 0 spiro atoms. The van der Waals surface area contributed by atoms with E-state index in [9.17, 15) is 24.3 Å². The number of nitrogens with two attached hydrogens (primary N) is 1. The Kier molecular flexibility index (Phi) is 9.45. The summed E-state index contributed by atoms with van der Waals surface area (Å²) in [6.45, 7) is 1.62. The van der Waals surface area contributed by atoms with Crippen LogP contribution in [-0.2, 0) is 48.5 Å². The molecule has 0 fully saturated rings. The van der Waals surface area contributed by atoms with Gasteiger partial charge in [0.1, 0.15) is 0 Å². The van der Waals surface area contributed by atoms with Gasteiger partial charge in [0.05, 0.1) is 18.9 Å². The monoisotopic (exact) mass is 630 g/mol. The third kappa shape index (κ3) is 7.10. The molecule has 0 saturated carbocycles. The minimum absolute atomic E-state index is 0.173. The first kappa shape index (κ1) is 31.7. The lowest BCUT2D eigenvalue weighted by Gasteiger charge is -2.33. The van der Waals surface area contributed by atoms with Crippen LogP contribution >= 0.6 is 0 Å². The third-order valence-corrected chi connectivity index (χ3v) is 9.04. The number of carboxylic acid groups (broad SMARTS) is 1. The summed E-state index contributed by atoms with van der Waals surface area (Å²) in [5, 5.41) is 12.7. The summed E-state index contributed by atoms with van der Waals surface area (Å²) in [7, 11) is 0. The highest BCUT2D eigenvalue weighted by Gasteiger charge is 2.36. The first-order valence-electron chi connectivity index (χ1n) is 16.0. The molecule has 0 saturated heterocycles. The molecule has 1 unspecified atom stereocenters. The summed E-state index contributed by atoms with van der Waals surface area (Å²) < 4.78 is 0. The number of carbonyl (C=O) groups excluding carboxylic acids is 3. The van der Waals surface area contributed by atoms with Crippen molar-refractivity contribution in [2.45, 2.75) is 45.3 Å². The van der Waals surface area contributed by atoms with Crippen LogP contribution in [0.4, 0.5) is 0 Å². The van der Waals surface area contributed by atoms with Crippen LogP contribution in [-0.4, -0.2) is 56.8 Å². The van der Waals surface area contributed by atoms with Crippen molar-refractivity contribution in [2.24, 2.45) is 11.7 Å². The van der Waals surface area contributed by atoms with E-state index in [1.807, 2.05) is 72.8 Å². The number of hydrazine groups is 1. The molecule has 3 amide bonds. The van der Waals surface area contributed by atoms with Gasteiger partial charge in [-0.3, -0.25) is 19.2 Å². The molecule has 4 aromatic carbocycles. The molecule has 0 aromatic heterocycles. The summed E-state index contributed by atoms with van der Waals surface area (Å²) in [5.74, 6) is -2.58. The van der Waals surface area contributed by atoms with Crippen LogP contribution in [0, 0.1) is 5.92 Å². The van der Waals surface area contributed by atoms with Gasteiger partial charge in [0, 0.05) is 37.3 Å². The number of amides is 3. The topological polar surface area (TPSA) is 124 Å². The maximum absolute atomic E-state index is 14.5. The van der Waals surface area contributed by atoms with E-state index in [1.54, 1.807) is 29.2 Å². The van der Waals surface area contributed by atoms with Crippen molar-refractivity contribution in [2.75, 3.05) is 13.1 Å². The van der Waals surface area contributed by atoms with Crippen LogP contribution in [0.3, 0.4) is 0 Å². The fraction of sp³-hybridized carbons (Fsp3) is 0.263. The minimum atomic E-state index is -1.04. The van der Waals surface area contributed by atoms with E-state index in [4.69, 9.17) is 5.73 Å². The summed E-state index contributed by atoms with van der Waals surface area (Å²) in [4.78, 5) is 55.7. The normalized spacial score (nSPS) is 16.3. The Labute approximate surface area is 274 Å². The number of rotatable bonds is 9. The number of nitrogens with zero attached hydrogens (tertiary/aromatic N) is 3. The first-order chi connectivity index (χ1) is 22.8. The van der Waals surface area contributed by atoms with Crippen LogP contribution in [0.15, 0.2) is 97.1 Å².